The Morgan fingerprint density at radius 1 is 1.50 bits per heavy atom. The maximum absolute atomic E-state index is 13.6. The molecule has 1 N–H and O–H groups in total. The van der Waals surface area contributed by atoms with Gasteiger partial charge in [-0.3, -0.25) is 4.79 Å². The van der Waals surface area contributed by atoms with Crippen molar-refractivity contribution in [1.29, 1.82) is 0 Å². The summed E-state index contributed by atoms with van der Waals surface area (Å²) in [6, 6.07) is 0. The van der Waals surface area contributed by atoms with Crippen molar-refractivity contribution < 1.29 is 14.3 Å². The lowest BCUT2D eigenvalue weighted by Crippen LogP contribution is -2.35. The molecule has 0 saturated heterocycles. The first-order valence-electron chi connectivity index (χ1n) is 5.44. The predicted octanol–water partition coefficient (Wildman–Crippen LogP) is 2.25. The van der Waals surface area contributed by atoms with Crippen molar-refractivity contribution in [1.82, 2.24) is 0 Å². The third-order valence-corrected chi connectivity index (χ3v) is 3.12. The van der Waals surface area contributed by atoms with E-state index in [0.717, 1.165) is 6.42 Å². The molecule has 0 heterocycles. The average molecular weight is 202 g/mol. The molecule has 0 atom stereocenters. The maximum atomic E-state index is 13.6. The molecule has 1 fully saturated rings. The number of hydrogen-bond acceptors (Lipinski definition) is 2. The molecule has 0 aromatic carbocycles. The van der Waals surface area contributed by atoms with Gasteiger partial charge in [0.2, 0.25) is 0 Å². The van der Waals surface area contributed by atoms with Crippen LogP contribution in [0.3, 0.4) is 0 Å². The summed E-state index contributed by atoms with van der Waals surface area (Å²) < 4.78 is 13.6. The van der Waals surface area contributed by atoms with E-state index < -0.39 is 12.3 Å². The van der Waals surface area contributed by atoms with Crippen LogP contribution in [0, 0.1) is 5.92 Å². The molecule has 0 aliphatic heterocycles. The van der Waals surface area contributed by atoms with Gasteiger partial charge >= 0.3 is 0 Å². The molecule has 1 saturated carbocycles. The normalized spacial score (nSPS) is 32.9. The van der Waals surface area contributed by atoms with Crippen molar-refractivity contribution in [3.8, 4) is 0 Å². The Labute approximate surface area is 84.5 Å². The number of rotatable bonds is 4. The Kier molecular flexibility index (Phi) is 4.05. The first kappa shape index (κ1) is 11.6. The monoisotopic (exact) mass is 202 g/mol. The van der Waals surface area contributed by atoms with Crippen molar-refractivity contribution in [3.63, 3.8) is 0 Å². The van der Waals surface area contributed by atoms with Crippen LogP contribution in [0.4, 0.5) is 4.39 Å². The van der Waals surface area contributed by atoms with Crippen molar-refractivity contribution in [3.05, 3.63) is 0 Å². The van der Waals surface area contributed by atoms with Gasteiger partial charge in [0.05, 0.1) is 6.61 Å². The Balaban J connectivity index is 2.39. The second-order valence-corrected chi connectivity index (χ2v) is 4.30. The van der Waals surface area contributed by atoms with Gasteiger partial charge in [0.15, 0.2) is 0 Å². The van der Waals surface area contributed by atoms with Gasteiger partial charge in [0, 0.05) is 12.3 Å². The van der Waals surface area contributed by atoms with Crippen LogP contribution in [0.5, 0.6) is 0 Å². The summed E-state index contributed by atoms with van der Waals surface area (Å²) in [7, 11) is 0. The number of hydrogen-bond donors (Lipinski definition) is 1. The molecular formula is C11H19FO2. The molecule has 0 radical (unpaired) electrons. The van der Waals surface area contributed by atoms with Crippen molar-refractivity contribution >= 4 is 5.78 Å². The highest BCUT2D eigenvalue weighted by atomic mass is 19.1. The number of halogens is 1. The second-order valence-electron chi connectivity index (χ2n) is 4.30. The minimum absolute atomic E-state index is 0.0466. The molecular weight excluding hydrogens is 183 g/mol. The zero-order valence-electron chi connectivity index (χ0n) is 8.76. The van der Waals surface area contributed by atoms with Crippen LogP contribution in [0.2, 0.25) is 0 Å². The molecule has 0 amide bonds. The molecule has 1 aliphatic rings. The van der Waals surface area contributed by atoms with Gasteiger partial charge in [-0.15, -0.1) is 0 Å². The van der Waals surface area contributed by atoms with Crippen molar-refractivity contribution in [2.45, 2.75) is 51.1 Å². The van der Waals surface area contributed by atoms with Crippen molar-refractivity contribution in [2.24, 2.45) is 5.92 Å². The third-order valence-electron chi connectivity index (χ3n) is 3.12. The standard InChI is InChI=1S/C11H19FO2/c1-2-3-10(14)9-4-6-11(12,8-13)7-5-9/h9,13H,2-8H2,1H3/t9-,11+. The molecule has 0 unspecified atom stereocenters. The number of alkyl halides is 1. The van der Waals surface area contributed by atoms with Crippen LogP contribution in [0.15, 0.2) is 0 Å². The fourth-order valence-electron chi connectivity index (χ4n) is 2.07. The summed E-state index contributed by atoms with van der Waals surface area (Å²) in [6.45, 7) is 1.58. The number of carbonyl (C=O) groups is 1. The van der Waals surface area contributed by atoms with E-state index in [1.54, 1.807) is 0 Å². The zero-order valence-corrected chi connectivity index (χ0v) is 8.76. The topological polar surface area (TPSA) is 37.3 Å². The molecule has 0 aromatic heterocycles. The number of carbonyl (C=O) groups excluding carboxylic acids is 1. The first-order valence-corrected chi connectivity index (χ1v) is 5.44. The van der Waals surface area contributed by atoms with Crippen LogP contribution in [0.25, 0.3) is 0 Å². The van der Waals surface area contributed by atoms with Gasteiger partial charge in [-0.1, -0.05) is 6.92 Å². The molecule has 0 bridgehead atoms. The molecule has 1 rings (SSSR count). The fourth-order valence-corrected chi connectivity index (χ4v) is 2.07. The Bertz CT molecular complexity index is 195. The van der Waals surface area contributed by atoms with Crippen molar-refractivity contribution in [2.75, 3.05) is 6.61 Å². The van der Waals surface area contributed by atoms with E-state index in [1.807, 2.05) is 6.92 Å². The van der Waals surface area contributed by atoms with E-state index in [1.165, 1.54) is 0 Å². The van der Waals surface area contributed by atoms with Gasteiger partial charge in [0.1, 0.15) is 11.5 Å². The number of Topliss-reactive ketones (excluding diaryl/α,β-unsaturated/α-hetero) is 1. The highest BCUT2D eigenvalue weighted by Crippen LogP contribution is 2.35. The predicted molar refractivity (Wildman–Crippen MR) is 52.8 cm³/mol. The Hall–Kier alpha value is -0.440. The lowest BCUT2D eigenvalue weighted by atomic mass is 9.78. The zero-order chi connectivity index (χ0) is 10.6. The number of aliphatic hydroxyl groups is 1. The lowest BCUT2D eigenvalue weighted by molar-refractivity contribution is -0.125. The summed E-state index contributed by atoms with van der Waals surface area (Å²) in [4.78, 5) is 11.5. The molecule has 0 spiro atoms. The fraction of sp³-hybridized carbons (Fsp3) is 0.909. The Morgan fingerprint density at radius 3 is 2.50 bits per heavy atom. The van der Waals surface area contributed by atoms with Gasteiger partial charge in [0.25, 0.3) is 0 Å². The highest BCUT2D eigenvalue weighted by molar-refractivity contribution is 5.81. The minimum atomic E-state index is -1.41. The molecule has 2 nitrogen and oxygen atoms in total. The molecule has 14 heavy (non-hydrogen) atoms. The van der Waals surface area contributed by atoms with Crippen LogP contribution >= 0.6 is 0 Å². The average Bonchev–Trinajstić information content (AvgIpc) is 2.19. The lowest BCUT2D eigenvalue weighted by Gasteiger charge is -2.31. The quantitative estimate of drug-likeness (QED) is 0.759. The molecule has 1 aliphatic carbocycles. The number of aliphatic hydroxyl groups excluding tert-OH is 1. The second kappa shape index (κ2) is 4.87. The SMILES string of the molecule is CCCC(=O)[C@H]1CC[C@](F)(CO)CC1. The van der Waals surface area contributed by atoms with E-state index in [0.29, 0.717) is 32.1 Å². The largest absolute Gasteiger partial charge is 0.393 e. The maximum Gasteiger partial charge on any atom is 0.135 e. The molecule has 0 aromatic rings. The van der Waals surface area contributed by atoms with E-state index in [2.05, 4.69) is 0 Å². The smallest absolute Gasteiger partial charge is 0.135 e. The highest BCUT2D eigenvalue weighted by Gasteiger charge is 2.36. The summed E-state index contributed by atoms with van der Waals surface area (Å²) in [5, 5.41) is 8.82. The van der Waals surface area contributed by atoms with Gasteiger partial charge < -0.3 is 5.11 Å². The summed E-state index contributed by atoms with van der Waals surface area (Å²) in [6.07, 6.45) is 3.37. The van der Waals surface area contributed by atoms with Gasteiger partial charge in [-0.25, -0.2) is 4.39 Å². The van der Waals surface area contributed by atoms with E-state index in [-0.39, 0.29) is 11.7 Å². The summed E-state index contributed by atoms with van der Waals surface area (Å²) in [5.41, 5.74) is -1.41. The summed E-state index contributed by atoms with van der Waals surface area (Å²) in [5.74, 6) is 0.317. The van der Waals surface area contributed by atoms with E-state index in [9.17, 15) is 9.18 Å². The van der Waals surface area contributed by atoms with Crippen LogP contribution in [-0.4, -0.2) is 23.2 Å². The summed E-state index contributed by atoms with van der Waals surface area (Å²) >= 11 is 0. The first-order chi connectivity index (χ1) is 6.61. The van der Waals surface area contributed by atoms with Crippen LogP contribution < -0.4 is 0 Å². The van der Waals surface area contributed by atoms with E-state index in [4.69, 9.17) is 5.11 Å². The Morgan fingerprint density at radius 2 is 2.07 bits per heavy atom. The minimum Gasteiger partial charge on any atom is -0.393 e. The van der Waals surface area contributed by atoms with Gasteiger partial charge in [-0.05, 0) is 32.1 Å². The molecule has 3 heteroatoms. The third kappa shape index (κ3) is 2.77. The van der Waals surface area contributed by atoms with Gasteiger partial charge in [-0.2, -0.15) is 0 Å². The van der Waals surface area contributed by atoms with E-state index >= 15 is 0 Å². The molecule has 82 valence electrons. The number of ketones is 1. The van der Waals surface area contributed by atoms with Crippen LogP contribution in [0.1, 0.15) is 45.4 Å². The van der Waals surface area contributed by atoms with Crippen LogP contribution in [-0.2, 0) is 4.79 Å².